The average Bonchev–Trinajstić information content (AvgIpc) is 0. The van der Waals surface area contributed by atoms with Crippen LogP contribution < -0.4 is 0 Å². The Hall–Kier alpha value is 6.83. The Balaban J connectivity index is 0. The predicted octanol–water partition coefficient (Wildman–Crippen LogP) is -2.08. The second-order valence-electron chi connectivity index (χ2n) is 0. The number of hydrogen-bond acceptors (Lipinski definition) is 0. The van der Waals surface area contributed by atoms with Gasteiger partial charge in [-0.25, -0.2) is 0 Å². The zero-order valence-corrected chi connectivity index (χ0v) is 26.0. The molecule has 0 unspecified atom stereocenters. The molecule has 0 spiro atoms. The summed E-state index contributed by atoms with van der Waals surface area (Å²) in [7, 11) is 0. The van der Waals surface area contributed by atoms with Gasteiger partial charge in [0.25, 0.3) is 0 Å². The molecule has 0 aromatic carbocycles. The monoisotopic (exact) mass is 745 g/mol. The van der Waals surface area contributed by atoms with E-state index in [4.69, 9.17) is 0 Å². The van der Waals surface area contributed by atoms with Crippen LogP contribution in [0.1, 0.15) is 0 Å². The molecule has 0 rings (SSSR count). The summed E-state index contributed by atoms with van der Waals surface area (Å²) < 4.78 is 0. The van der Waals surface area contributed by atoms with Gasteiger partial charge in [-0.05, 0) is 0 Å². The minimum absolute atomic E-state index is 0. The number of hydrogen-bond donors (Lipinski definition) is 0. The van der Waals surface area contributed by atoms with Crippen molar-refractivity contribution in [3.63, 3.8) is 0 Å². The summed E-state index contributed by atoms with van der Waals surface area (Å²) in [6.07, 6.45) is 0. The fraction of sp³-hybridized carbons (Fsp3) is 0. The van der Waals surface area contributed by atoms with Gasteiger partial charge >= 0.3 is 225 Å². The zero-order chi connectivity index (χ0) is 0. The molecule has 11 nitrogen and oxygen atoms in total. The molecule has 0 bridgehead atoms. The quantitative estimate of drug-likeness (QED) is 0.241. The van der Waals surface area contributed by atoms with E-state index in [2.05, 4.69) is 0 Å². The molecule has 104 valence electrons. The Labute approximate surface area is 278 Å². The first kappa shape index (κ1) is 341. The van der Waals surface area contributed by atoms with Crippen LogP contribution in [0.5, 0.6) is 0 Å². The number of rotatable bonds is 0. The molecule has 0 heterocycles. The van der Waals surface area contributed by atoms with Crippen LogP contribution in [0, 0.1) is 0 Å². The van der Waals surface area contributed by atoms with Crippen molar-refractivity contribution in [2.75, 3.05) is 0 Å². The molecule has 0 aliphatic rings. The van der Waals surface area contributed by atoms with Crippen LogP contribution in [-0.2, 0) is 195 Å². The Morgan fingerprint density at radius 1 is 0.263 bits per heavy atom. The van der Waals surface area contributed by atoms with Crippen molar-refractivity contribution in [1.29, 1.82) is 0 Å². The normalized spacial score (nSPS) is 0. The summed E-state index contributed by atoms with van der Waals surface area (Å²) in [5.41, 5.74) is 0. The summed E-state index contributed by atoms with van der Waals surface area (Å²) in [5, 5.41) is 0. The van der Waals surface area contributed by atoms with E-state index in [1.165, 1.54) is 0 Å². The van der Waals surface area contributed by atoms with Crippen LogP contribution >= 0.6 is 0 Å². The van der Waals surface area contributed by atoms with E-state index < -0.39 is 0 Å². The van der Waals surface area contributed by atoms with E-state index in [-0.39, 0.29) is 285 Å². The van der Waals surface area contributed by atoms with Gasteiger partial charge in [-0.3, -0.25) is 0 Å². The van der Waals surface area contributed by atoms with Crippen molar-refractivity contribution in [1.82, 2.24) is 0 Å². The Bertz CT molecular complexity index is 34.7. The molecule has 0 aliphatic heterocycles. The van der Waals surface area contributed by atoms with Crippen LogP contribution in [0.15, 0.2) is 0 Å². The van der Waals surface area contributed by atoms with Gasteiger partial charge in [-0.1, -0.05) is 0 Å². The summed E-state index contributed by atoms with van der Waals surface area (Å²) in [6.45, 7) is 0. The molecule has 0 N–H and O–H groups in total. The van der Waals surface area contributed by atoms with Crippen LogP contribution in [-0.4, -0.2) is 91.0 Å². The minimum Gasteiger partial charge on any atom is -2.00 e. The van der Waals surface area contributed by atoms with Gasteiger partial charge < -0.3 is 60.2 Å². The fourth-order valence-corrected chi connectivity index (χ4v) is 0. The Kier molecular flexibility index (Phi) is 5430. The molecular weight excluding hydrogens is 745 g/mol. The molecule has 0 fully saturated rings. The van der Waals surface area contributed by atoms with E-state index in [0.29, 0.717) is 0 Å². The largest absolute Gasteiger partial charge is 3.00 e. The van der Waals surface area contributed by atoms with Crippen molar-refractivity contribution in [2.45, 2.75) is 0 Å². The minimum atomic E-state index is 0. The molecule has 4 radical (unpaired) electrons. The third-order valence-corrected chi connectivity index (χ3v) is 0. The van der Waals surface area contributed by atoms with Crippen LogP contribution in [0.4, 0.5) is 0 Å². The second-order valence-corrected chi connectivity index (χ2v) is 0. The third-order valence-electron chi connectivity index (χ3n) is 0. The Morgan fingerprint density at radius 2 is 0.263 bits per heavy atom. The first-order chi connectivity index (χ1) is 0. The molecular formula is Cr2Fe2O11Sr2Y2. The zero-order valence-electron chi connectivity index (χ0n) is 8.58. The molecule has 19 heteroatoms. The topological polar surface area (TPSA) is 314 Å². The fourth-order valence-electron chi connectivity index (χ4n) is 0. The third kappa shape index (κ3) is 277. The van der Waals surface area contributed by atoms with E-state index >= 15 is 0 Å². The summed E-state index contributed by atoms with van der Waals surface area (Å²) >= 11 is 0. The predicted molar refractivity (Wildman–Crippen MR) is 19.1 cm³/mol. The van der Waals surface area contributed by atoms with Crippen LogP contribution in [0.2, 0.25) is 0 Å². The van der Waals surface area contributed by atoms with Crippen molar-refractivity contribution in [2.24, 2.45) is 0 Å². The van der Waals surface area contributed by atoms with Crippen LogP contribution in [0.25, 0.3) is 0 Å². The van der Waals surface area contributed by atoms with Gasteiger partial charge in [0.1, 0.15) is 0 Å². The summed E-state index contributed by atoms with van der Waals surface area (Å²) in [6, 6.07) is 0. The van der Waals surface area contributed by atoms with Gasteiger partial charge in [-0.15, -0.1) is 0 Å². The second kappa shape index (κ2) is 302. The van der Waals surface area contributed by atoms with Gasteiger partial charge in [0.05, 0.1) is 0 Å². The maximum Gasteiger partial charge on any atom is 3.00 e. The maximum absolute atomic E-state index is 0. The molecule has 0 saturated heterocycles. The molecule has 0 saturated carbocycles. The summed E-state index contributed by atoms with van der Waals surface area (Å²) in [5.74, 6) is 0. The van der Waals surface area contributed by atoms with E-state index in [1.54, 1.807) is 0 Å². The first-order valence-corrected chi connectivity index (χ1v) is 0. The first-order valence-electron chi connectivity index (χ1n) is 0. The van der Waals surface area contributed by atoms with Crippen molar-refractivity contribution >= 4 is 91.0 Å². The average molecular weight is 745 g/mol. The smallest absolute Gasteiger partial charge is 2.00 e. The molecule has 0 aliphatic carbocycles. The molecule has 0 amide bonds. The molecule has 0 aromatic rings. The van der Waals surface area contributed by atoms with Crippen LogP contribution in [0.3, 0.4) is 0 Å². The van der Waals surface area contributed by atoms with E-state index in [9.17, 15) is 0 Å². The van der Waals surface area contributed by atoms with Gasteiger partial charge in [-0.2, -0.15) is 0 Å². The van der Waals surface area contributed by atoms with Crippen molar-refractivity contribution in [3.05, 3.63) is 0 Å². The van der Waals surface area contributed by atoms with Gasteiger partial charge in [0.15, 0.2) is 0 Å². The van der Waals surface area contributed by atoms with Crippen molar-refractivity contribution in [3.8, 4) is 0 Å². The molecule has 0 atom stereocenters. The maximum atomic E-state index is 0. The molecule has 0 aromatic heterocycles. The van der Waals surface area contributed by atoms with Gasteiger partial charge in [0.2, 0.25) is 0 Å². The summed E-state index contributed by atoms with van der Waals surface area (Å²) in [4.78, 5) is 0. The van der Waals surface area contributed by atoms with Crippen molar-refractivity contribution < 1.29 is 195 Å². The molecule has 19 heavy (non-hydrogen) atoms. The standard InChI is InChI=1S/2Cr.2Fe.11O.2Sr.2Y/q4*+3;11*-2;2*+2;2*+3. The van der Waals surface area contributed by atoms with E-state index in [0.717, 1.165) is 0 Å². The van der Waals surface area contributed by atoms with E-state index in [1.807, 2.05) is 0 Å². The van der Waals surface area contributed by atoms with Gasteiger partial charge in [0, 0.05) is 0 Å². The Morgan fingerprint density at radius 3 is 0.263 bits per heavy atom. The SMILES string of the molecule is [Cr+3].[Cr+3].[Fe+3].[Fe+3].[O-2].[O-2].[O-2].[O-2].[O-2].[O-2].[O-2].[O-2].[O-2].[O-2].[O-2].[Sr+2].[Sr+2].[Y+3].[Y+3].